The molecule has 0 heterocycles. The standard InChI is InChI=1S/C3H6IO2S/c1-2-3-7(4,5)6/h1-3H2. The lowest BCUT2D eigenvalue weighted by molar-refractivity contribution is 0.612. The zero-order chi connectivity index (χ0) is 5.91. The van der Waals surface area contributed by atoms with Gasteiger partial charge in [-0.25, -0.2) is 8.42 Å². The Morgan fingerprint density at radius 2 is 2.00 bits per heavy atom. The average molecular weight is 233 g/mol. The lowest BCUT2D eigenvalue weighted by atomic mass is 10.6. The summed E-state index contributed by atoms with van der Waals surface area (Å²) in [7, 11) is -2.77. The molecule has 0 atom stereocenters. The van der Waals surface area contributed by atoms with E-state index in [-0.39, 0.29) is 5.75 Å². The van der Waals surface area contributed by atoms with Crippen LogP contribution in [0.25, 0.3) is 0 Å². The second-order valence-corrected chi connectivity index (χ2v) is 6.61. The molecule has 0 aromatic heterocycles. The summed E-state index contributed by atoms with van der Waals surface area (Å²) in [5.41, 5.74) is 0. The van der Waals surface area contributed by atoms with E-state index < -0.39 is 7.01 Å². The van der Waals surface area contributed by atoms with E-state index in [0.717, 1.165) is 0 Å². The van der Waals surface area contributed by atoms with Gasteiger partial charge in [-0.2, -0.15) is 0 Å². The summed E-state index contributed by atoms with van der Waals surface area (Å²) >= 11 is 1.41. The van der Waals surface area contributed by atoms with Crippen molar-refractivity contribution in [1.29, 1.82) is 0 Å². The van der Waals surface area contributed by atoms with Gasteiger partial charge >= 0.3 is 0 Å². The normalized spacial score (nSPS) is 11.7. The van der Waals surface area contributed by atoms with Crippen molar-refractivity contribution in [2.75, 3.05) is 5.75 Å². The molecule has 0 fully saturated rings. The molecule has 0 aliphatic heterocycles. The van der Waals surface area contributed by atoms with Crippen molar-refractivity contribution in [2.24, 2.45) is 0 Å². The summed E-state index contributed by atoms with van der Waals surface area (Å²) < 4.78 is 20.4. The Bertz CT molecular complexity index is 126. The summed E-state index contributed by atoms with van der Waals surface area (Å²) in [4.78, 5) is 0. The van der Waals surface area contributed by atoms with Gasteiger partial charge in [-0.15, -0.1) is 0 Å². The van der Waals surface area contributed by atoms with Crippen LogP contribution in [-0.2, 0) is 7.01 Å². The zero-order valence-electron chi connectivity index (χ0n) is 3.72. The molecule has 0 aromatic carbocycles. The molecule has 4 heteroatoms. The molecular weight excluding hydrogens is 227 g/mol. The fourth-order valence-corrected chi connectivity index (χ4v) is 1.45. The van der Waals surface area contributed by atoms with Crippen LogP contribution in [0.15, 0.2) is 0 Å². The monoisotopic (exact) mass is 233 g/mol. The van der Waals surface area contributed by atoms with Gasteiger partial charge in [-0.3, -0.25) is 0 Å². The Balaban J connectivity index is 3.60. The van der Waals surface area contributed by atoms with Crippen LogP contribution in [0.5, 0.6) is 0 Å². The van der Waals surface area contributed by atoms with Crippen LogP contribution >= 0.6 is 21.2 Å². The second kappa shape index (κ2) is 2.86. The molecule has 2 nitrogen and oxygen atoms in total. The maximum Gasteiger partial charge on any atom is 0.203 e. The van der Waals surface area contributed by atoms with E-state index in [1.165, 1.54) is 21.2 Å². The Morgan fingerprint density at radius 1 is 1.57 bits per heavy atom. The first-order chi connectivity index (χ1) is 3.06. The maximum absolute atomic E-state index is 10.2. The Hall–Kier alpha value is 0.680. The predicted octanol–water partition coefficient (Wildman–Crippen LogP) is 0.975. The molecule has 0 aromatic rings. The molecule has 0 bridgehead atoms. The van der Waals surface area contributed by atoms with Crippen molar-refractivity contribution in [3.05, 3.63) is 6.92 Å². The third kappa shape index (κ3) is 6.68. The van der Waals surface area contributed by atoms with E-state index in [4.69, 9.17) is 0 Å². The molecule has 0 N–H and O–H groups in total. The highest BCUT2D eigenvalue weighted by Gasteiger charge is 1.98. The quantitative estimate of drug-likeness (QED) is 0.526. The van der Waals surface area contributed by atoms with Crippen molar-refractivity contribution in [3.63, 3.8) is 0 Å². The summed E-state index contributed by atoms with van der Waals surface area (Å²) in [5, 5.41) is 0. The third-order valence-electron chi connectivity index (χ3n) is 0.388. The zero-order valence-corrected chi connectivity index (χ0v) is 6.70. The molecule has 7 heavy (non-hydrogen) atoms. The lowest BCUT2D eigenvalue weighted by Crippen LogP contribution is -1.92. The van der Waals surface area contributed by atoms with Gasteiger partial charge in [0, 0.05) is 0 Å². The third-order valence-corrected chi connectivity index (χ3v) is 2.49. The van der Waals surface area contributed by atoms with Gasteiger partial charge < -0.3 is 0 Å². The molecule has 0 amide bonds. The number of hydrogen-bond donors (Lipinski definition) is 0. The summed E-state index contributed by atoms with van der Waals surface area (Å²) in [6, 6.07) is 0. The van der Waals surface area contributed by atoms with Gasteiger partial charge in [0.05, 0.1) is 27.0 Å². The van der Waals surface area contributed by atoms with Crippen LogP contribution in [0.1, 0.15) is 6.42 Å². The van der Waals surface area contributed by atoms with E-state index in [1.807, 2.05) is 0 Å². The first kappa shape index (κ1) is 7.68. The van der Waals surface area contributed by atoms with Gasteiger partial charge in [-0.05, 0) is 6.42 Å². The number of halogens is 1. The van der Waals surface area contributed by atoms with Gasteiger partial charge in [0.2, 0.25) is 7.01 Å². The second-order valence-electron chi connectivity index (χ2n) is 1.10. The molecule has 0 saturated carbocycles. The average Bonchev–Trinajstić information content (AvgIpc) is 1.30. The molecule has 0 spiro atoms. The smallest absolute Gasteiger partial charge is 0.203 e. The van der Waals surface area contributed by atoms with Crippen LogP contribution in [0.2, 0.25) is 0 Å². The predicted molar refractivity (Wildman–Crippen MR) is 37.8 cm³/mol. The van der Waals surface area contributed by atoms with Crippen LogP contribution in [-0.4, -0.2) is 14.2 Å². The molecule has 0 aliphatic carbocycles. The Morgan fingerprint density at radius 3 is 2.00 bits per heavy atom. The van der Waals surface area contributed by atoms with Crippen molar-refractivity contribution in [1.82, 2.24) is 0 Å². The highest BCUT2D eigenvalue weighted by atomic mass is 127. The van der Waals surface area contributed by atoms with Crippen molar-refractivity contribution in [3.8, 4) is 0 Å². The Labute approximate surface area is 55.8 Å². The molecular formula is C3H6IO2S. The Kier molecular flexibility index (Phi) is 3.14. The molecule has 0 aliphatic rings. The summed E-state index contributed by atoms with van der Waals surface area (Å²) in [6.45, 7) is 3.39. The largest absolute Gasteiger partial charge is 0.218 e. The van der Waals surface area contributed by atoms with E-state index in [9.17, 15) is 8.42 Å². The highest BCUT2D eigenvalue weighted by Crippen LogP contribution is 2.01. The van der Waals surface area contributed by atoms with Gasteiger partial charge in [0.1, 0.15) is 0 Å². The fraction of sp³-hybridized carbons (Fsp3) is 0.667. The van der Waals surface area contributed by atoms with Crippen molar-refractivity contribution < 1.29 is 8.42 Å². The topological polar surface area (TPSA) is 34.1 Å². The minimum atomic E-state index is -2.77. The van der Waals surface area contributed by atoms with Crippen LogP contribution < -0.4 is 0 Å². The minimum Gasteiger partial charge on any atom is -0.218 e. The lowest BCUT2D eigenvalue weighted by Gasteiger charge is -1.84. The molecule has 0 rings (SSSR count). The SMILES string of the molecule is [CH2]CCS(=O)(=O)I. The highest BCUT2D eigenvalue weighted by molar-refractivity contribution is 14.2. The maximum atomic E-state index is 10.2. The van der Waals surface area contributed by atoms with Gasteiger partial charge in [0.15, 0.2) is 0 Å². The van der Waals surface area contributed by atoms with Crippen molar-refractivity contribution >= 4 is 28.2 Å². The van der Waals surface area contributed by atoms with Crippen LogP contribution in [0.4, 0.5) is 0 Å². The van der Waals surface area contributed by atoms with E-state index in [1.54, 1.807) is 0 Å². The minimum absolute atomic E-state index is 0.188. The van der Waals surface area contributed by atoms with Gasteiger partial charge in [-0.1, -0.05) is 6.92 Å². The fourth-order valence-electron chi connectivity index (χ4n) is 0.172. The van der Waals surface area contributed by atoms with Crippen molar-refractivity contribution in [2.45, 2.75) is 6.42 Å². The van der Waals surface area contributed by atoms with E-state index in [2.05, 4.69) is 6.92 Å². The van der Waals surface area contributed by atoms with Gasteiger partial charge in [0.25, 0.3) is 0 Å². The molecule has 0 unspecified atom stereocenters. The summed E-state index contributed by atoms with van der Waals surface area (Å²) in [5.74, 6) is 0.188. The summed E-state index contributed by atoms with van der Waals surface area (Å²) in [6.07, 6.45) is 0.464. The number of rotatable bonds is 2. The van der Waals surface area contributed by atoms with E-state index in [0.29, 0.717) is 6.42 Å². The molecule has 1 radical (unpaired) electrons. The van der Waals surface area contributed by atoms with Crippen LogP contribution in [0, 0.1) is 6.92 Å². The number of hydrogen-bond acceptors (Lipinski definition) is 2. The molecule has 43 valence electrons. The first-order valence-electron chi connectivity index (χ1n) is 1.78. The molecule has 0 saturated heterocycles. The first-order valence-corrected chi connectivity index (χ1v) is 5.97. The van der Waals surface area contributed by atoms with Crippen LogP contribution in [0.3, 0.4) is 0 Å². The van der Waals surface area contributed by atoms with E-state index >= 15 is 0 Å².